The van der Waals surface area contributed by atoms with Gasteiger partial charge in [-0.25, -0.2) is 0 Å². The Morgan fingerprint density at radius 3 is 1.00 bits per heavy atom. The van der Waals surface area contributed by atoms with E-state index in [1.165, 1.54) is 0 Å². The van der Waals surface area contributed by atoms with Gasteiger partial charge in [0.2, 0.25) is 0 Å². The normalized spacial score (nSPS) is 13.4. The molecule has 0 aliphatic rings. The second-order valence-electron chi connectivity index (χ2n) is 1.34. The van der Waals surface area contributed by atoms with E-state index in [9.17, 15) is 26.3 Å². The van der Waals surface area contributed by atoms with Crippen molar-refractivity contribution in [3.63, 3.8) is 0 Å². The fraction of sp³-hybridized carbons (Fsp3) is 0.667. The van der Waals surface area contributed by atoms with Gasteiger partial charge in [-0.3, -0.25) is 4.79 Å². The summed E-state index contributed by atoms with van der Waals surface area (Å²) >= 11 is 0. The van der Waals surface area contributed by atoms with Crippen LogP contribution in [0.15, 0.2) is 0 Å². The Morgan fingerprint density at radius 1 is 0.800 bits per heavy atom. The van der Waals surface area contributed by atoms with Crippen molar-refractivity contribution >= 4 is 5.78 Å². The van der Waals surface area contributed by atoms with Crippen molar-refractivity contribution in [3.8, 4) is 0 Å². The van der Waals surface area contributed by atoms with E-state index in [1.807, 2.05) is 0 Å². The highest BCUT2D eigenvalue weighted by molar-refractivity contribution is 5.90. The van der Waals surface area contributed by atoms with Crippen LogP contribution in [0.25, 0.3) is 0 Å². The van der Waals surface area contributed by atoms with Crippen molar-refractivity contribution in [2.75, 3.05) is 0 Å². The van der Waals surface area contributed by atoms with Crippen LogP contribution in [0.5, 0.6) is 0 Å². The zero-order chi connectivity index (χ0) is 8.58. The lowest BCUT2D eigenvalue weighted by Gasteiger charge is -2.01. The smallest absolute Gasteiger partial charge is 0.264 e. The van der Waals surface area contributed by atoms with Crippen LogP contribution in [0.4, 0.5) is 26.3 Å². The number of carbonyl (C=O) groups excluding carboxylic acids is 1. The van der Waals surface area contributed by atoms with Gasteiger partial charge in [-0.2, -0.15) is 26.3 Å². The first-order chi connectivity index (χ1) is 4.15. The summed E-state index contributed by atoms with van der Waals surface area (Å²) in [5.41, 5.74) is 0. The number of hydrogen-bond donors (Lipinski definition) is 0. The van der Waals surface area contributed by atoms with E-state index < -0.39 is 18.1 Å². The second kappa shape index (κ2) is 2.14. The third kappa shape index (κ3) is 2.24. The summed E-state index contributed by atoms with van der Waals surface area (Å²) in [6, 6.07) is 0. The van der Waals surface area contributed by atoms with E-state index in [2.05, 4.69) is 0 Å². The lowest BCUT2D eigenvalue weighted by molar-refractivity contribution is -0.126. The van der Waals surface area contributed by atoms with Crippen LogP contribution >= 0.6 is 0 Å². The summed E-state index contributed by atoms with van der Waals surface area (Å²) in [5, 5.41) is 0. The zero-order valence-corrected chi connectivity index (χ0v) is 4.22. The second-order valence-corrected chi connectivity index (χ2v) is 1.34. The van der Waals surface area contributed by atoms with Gasteiger partial charge in [0.15, 0.2) is 0 Å². The first-order valence-corrected chi connectivity index (χ1v) is 1.86. The molecule has 0 unspecified atom stereocenters. The topological polar surface area (TPSA) is 21.4 Å². The Labute approximate surface area is 50.6 Å². The lowest BCUT2D eigenvalue weighted by atomic mass is 10.4. The first kappa shape index (κ1) is 9.25. The van der Waals surface area contributed by atoms with E-state index in [0.29, 0.717) is 0 Å². The van der Waals surface area contributed by atoms with Crippen molar-refractivity contribution in [3.05, 3.63) is 0 Å². The molecule has 0 amide bonds. The lowest BCUT2D eigenvalue weighted by Crippen LogP contribution is -2.36. The van der Waals surface area contributed by atoms with Crippen LogP contribution in [-0.4, -0.2) is 22.9 Å². The monoisotopic (exact) mass is 167 g/mol. The highest BCUT2D eigenvalue weighted by atomic mass is 19.4. The molecule has 0 radical (unpaired) electrons. The summed E-state index contributed by atoms with van der Waals surface area (Å²) < 4.78 is 65.6. The fourth-order valence-electron chi connectivity index (χ4n) is 0.161. The van der Waals surface area contributed by atoms with Gasteiger partial charge in [-0.05, 0) is 0 Å². The molecule has 1 nitrogen and oxygen atoms in total. The predicted molar refractivity (Wildman–Crippen MR) is 19.1 cm³/mol. The molecule has 0 atom stereocenters. The maximum absolute atomic E-state index is 10.9. The van der Waals surface area contributed by atoms with Crippen molar-refractivity contribution in [1.82, 2.24) is 0 Å². The fourth-order valence-corrected chi connectivity index (χ4v) is 0.161. The molecular formula is C3HF6O+. The standard InChI is InChI=1S/C3F6O/c4-2(5,6)1(10)3(7,8)9/p+1. The Kier molecular flexibility index (Phi) is 1.98. The van der Waals surface area contributed by atoms with Crippen LogP contribution in [-0.2, 0) is 0 Å². The molecule has 0 aliphatic heterocycles. The van der Waals surface area contributed by atoms with Gasteiger partial charge in [0.1, 0.15) is 0 Å². The molecule has 0 spiro atoms. The highest BCUT2D eigenvalue weighted by Gasteiger charge is 2.63. The zero-order valence-electron chi connectivity index (χ0n) is 4.22. The molecule has 0 aromatic heterocycles. The maximum Gasteiger partial charge on any atom is 0.514 e. The molecule has 0 fully saturated rings. The van der Waals surface area contributed by atoms with Crippen LogP contribution in [0.1, 0.15) is 0 Å². The quantitative estimate of drug-likeness (QED) is 0.386. The van der Waals surface area contributed by atoms with Crippen molar-refractivity contribution in [2.24, 2.45) is 0 Å². The largest absolute Gasteiger partial charge is 0.514 e. The number of alkyl halides is 6. The van der Waals surface area contributed by atoms with Crippen molar-refractivity contribution in [1.29, 1.82) is 0 Å². The van der Waals surface area contributed by atoms with Crippen molar-refractivity contribution in [2.45, 2.75) is 12.4 Å². The SMILES string of the molecule is [OH+]=C(C(F)(F)F)C(F)(F)F. The van der Waals surface area contributed by atoms with Crippen LogP contribution in [0.2, 0.25) is 0 Å². The van der Waals surface area contributed by atoms with E-state index in [-0.39, 0.29) is 0 Å². The van der Waals surface area contributed by atoms with Gasteiger partial charge in [0, 0.05) is 0 Å². The molecule has 0 aliphatic carbocycles. The molecule has 0 aromatic rings. The summed E-state index contributed by atoms with van der Waals surface area (Å²) in [4.78, 5) is 7.39. The van der Waals surface area contributed by atoms with Gasteiger partial charge in [0.25, 0.3) is 0 Å². The average molecular weight is 167 g/mol. The molecule has 0 rings (SSSR count). The van der Waals surface area contributed by atoms with E-state index in [1.54, 1.807) is 0 Å². The number of rotatable bonds is 0. The van der Waals surface area contributed by atoms with Gasteiger partial charge < -0.3 is 0 Å². The maximum atomic E-state index is 10.9. The Morgan fingerprint density at radius 2 is 1.00 bits per heavy atom. The number of ketones is 1. The minimum atomic E-state index is -5.71. The molecule has 0 saturated carbocycles. The van der Waals surface area contributed by atoms with Gasteiger partial charge >= 0.3 is 18.1 Å². The average Bonchev–Trinajstić information content (AvgIpc) is 1.59. The molecule has 0 bridgehead atoms. The summed E-state index contributed by atoms with van der Waals surface area (Å²) in [6.45, 7) is 0. The number of halogens is 6. The molecule has 0 aromatic carbocycles. The molecule has 0 heterocycles. The predicted octanol–water partition coefficient (Wildman–Crippen LogP) is 1.66. The Hall–Kier alpha value is -0.750. The minimum absolute atomic E-state index is 3.43. The summed E-state index contributed by atoms with van der Waals surface area (Å²) in [6.07, 6.45) is -11.4. The molecular weight excluding hydrogens is 166 g/mol. The van der Waals surface area contributed by atoms with Gasteiger partial charge in [0.05, 0.1) is 0 Å². The third-order valence-electron chi connectivity index (χ3n) is 0.537. The van der Waals surface area contributed by atoms with Gasteiger partial charge in [-0.1, -0.05) is 0 Å². The molecule has 0 saturated heterocycles. The molecule has 1 N–H and O–H groups in total. The number of hydrogen-bond acceptors (Lipinski definition) is 0. The van der Waals surface area contributed by atoms with Crippen LogP contribution in [0, 0.1) is 0 Å². The van der Waals surface area contributed by atoms with Gasteiger partial charge in [-0.15, -0.1) is 0 Å². The third-order valence-corrected chi connectivity index (χ3v) is 0.537. The van der Waals surface area contributed by atoms with Crippen molar-refractivity contribution < 1.29 is 31.1 Å². The Balaban J connectivity index is 4.40. The first-order valence-electron chi connectivity index (χ1n) is 1.86. The Bertz CT molecular complexity index is 124. The summed E-state index contributed by atoms with van der Waals surface area (Å²) in [7, 11) is 0. The molecule has 60 valence electrons. The van der Waals surface area contributed by atoms with E-state index in [0.717, 1.165) is 0 Å². The summed E-state index contributed by atoms with van der Waals surface area (Å²) in [5.74, 6) is -3.43. The van der Waals surface area contributed by atoms with E-state index >= 15 is 0 Å². The minimum Gasteiger partial charge on any atom is -0.264 e. The van der Waals surface area contributed by atoms with Crippen LogP contribution in [0.3, 0.4) is 0 Å². The highest BCUT2D eigenvalue weighted by Crippen LogP contribution is 2.27. The molecule has 10 heavy (non-hydrogen) atoms. The molecule has 7 heteroatoms. The van der Waals surface area contributed by atoms with Crippen LogP contribution < -0.4 is 0 Å². The van der Waals surface area contributed by atoms with E-state index in [4.69, 9.17) is 4.79 Å².